The summed E-state index contributed by atoms with van der Waals surface area (Å²) in [6.45, 7) is 6.80. The highest BCUT2D eigenvalue weighted by atomic mass is 15.1. The molecule has 0 aliphatic rings. The Bertz CT molecular complexity index is 235. The zero-order valence-electron chi connectivity index (χ0n) is 9.12. The Morgan fingerprint density at radius 2 is 1.69 bits per heavy atom. The topological polar surface area (TPSA) is 8.17 Å². The van der Waals surface area contributed by atoms with Gasteiger partial charge in [-0.1, -0.05) is 13.8 Å². The van der Waals surface area contributed by atoms with E-state index in [2.05, 4.69) is 61.9 Å². The molecule has 74 valence electrons. The van der Waals surface area contributed by atoms with Crippen LogP contribution in [0.2, 0.25) is 0 Å². The molecule has 0 spiro atoms. The molecule has 2 nitrogen and oxygen atoms in total. The Morgan fingerprint density at radius 1 is 1.15 bits per heavy atom. The predicted octanol–water partition coefficient (Wildman–Crippen LogP) is 2.08. The van der Waals surface area contributed by atoms with E-state index < -0.39 is 0 Å². The van der Waals surface area contributed by atoms with E-state index in [0.29, 0.717) is 5.41 Å². The first-order valence-corrected chi connectivity index (χ1v) is 4.75. The minimum Gasteiger partial charge on any atom is -0.354 e. The molecule has 1 aromatic rings. The Labute approximate surface area is 81.2 Å². The van der Waals surface area contributed by atoms with Crippen molar-refractivity contribution in [2.24, 2.45) is 5.41 Å². The van der Waals surface area contributed by atoms with Gasteiger partial charge in [0, 0.05) is 25.5 Å². The largest absolute Gasteiger partial charge is 0.354 e. The van der Waals surface area contributed by atoms with Gasteiger partial charge < -0.3 is 9.47 Å². The van der Waals surface area contributed by atoms with E-state index in [1.165, 1.54) is 0 Å². The number of hydrogen-bond acceptors (Lipinski definition) is 1. The van der Waals surface area contributed by atoms with Crippen LogP contribution >= 0.6 is 0 Å². The van der Waals surface area contributed by atoms with Gasteiger partial charge in [0.15, 0.2) is 0 Å². The van der Waals surface area contributed by atoms with Crippen molar-refractivity contribution in [3.63, 3.8) is 0 Å². The van der Waals surface area contributed by atoms with Gasteiger partial charge in [-0.25, -0.2) is 0 Å². The van der Waals surface area contributed by atoms with Crippen molar-refractivity contribution in [3.8, 4) is 0 Å². The van der Waals surface area contributed by atoms with Crippen LogP contribution in [0.4, 0.5) is 0 Å². The van der Waals surface area contributed by atoms with Crippen molar-refractivity contribution in [3.05, 3.63) is 24.5 Å². The lowest BCUT2D eigenvalue weighted by molar-refractivity contribution is 0.211. The second kappa shape index (κ2) is 3.97. The highest BCUT2D eigenvalue weighted by Gasteiger charge is 2.18. The van der Waals surface area contributed by atoms with Crippen LogP contribution in [0, 0.1) is 5.41 Å². The van der Waals surface area contributed by atoms with E-state index in [0.717, 1.165) is 13.1 Å². The fourth-order valence-corrected chi connectivity index (χ4v) is 1.88. The molecule has 0 atom stereocenters. The molecule has 0 unspecified atom stereocenters. The summed E-state index contributed by atoms with van der Waals surface area (Å²) >= 11 is 0. The zero-order valence-corrected chi connectivity index (χ0v) is 9.12. The Hall–Kier alpha value is -0.760. The fraction of sp³-hybridized carbons (Fsp3) is 0.636. The zero-order chi connectivity index (χ0) is 9.90. The average molecular weight is 180 g/mol. The standard InChI is InChI=1S/C11H20N2/c1-11(2,9-12(3)4)10-13-7-5-6-8-13/h5-8H,9-10H2,1-4H3. The highest BCUT2D eigenvalue weighted by molar-refractivity contribution is 4.91. The minimum atomic E-state index is 0.336. The van der Waals surface area contributed by atoms with E-state index in [1.807, 2.05) is 0 Å². The summed E-state index contributed by atoms with van der Waals surface area (Å²) in [7, 11) is 4.24. The van der Waals surface area contributed by atoms with Gasteiger partial charge in [0.2, 0.25) is 0 Å². The molecule has 0 bridgehead atoms. The van der Waals surface area contributed by atoms with E-state index in [-0.39, 0.29) is 0 Å². The van der Waals surface area contributed by atoms with E-state index in [1.54, 1.807) is 0 Å². The molecular formula is C11H20N2. The molecule has 0 saturated heterocycles. The minimum absolute atomic E-state index is 0.336. The van der Waals surface area contributed by atoms with Crippen LogP contribution in [0.15, 0.2) is 24.5 Å². The quantitative estimate of drug-likeness (QED) is 0.688. The lowest BCUT2D eigenvalue weighted by atomic mass is 9.93. The molecular weight excluding hydrogens is 160 g/mol. The lowest BCUT2D eigenvalue weighted by Crippen LogP contribution is -2.32. The molecule has 0 amide bonds. The van der Waals surface area contributed by atoms with Crippen LogP contribution < -0.4 is 0 Å². The van der Waals surface area contributed by atoms with Crippen molar-refractivity contribution in [1.82, 2.24) is 9.47 Å². The smallest absolute Gasteiger partial charge is 0.0283 e. The van der Waals surface area contributed by atoms with Gasteiger partial charge in [0.05, 0.1) is 0 Å². The van der Waals surface area contributed by atoms with Crippen LogP contribution in [0.3, 0.4) is 0 Å². The van der Waals surface area contributed by atoms with Gasteiger partial charge in [0.25, 0.3) is 0 Å². The predicted molar refractivity (Wildman–Crippen MR) is 56.8 cm³/mol. The number of rotatable bonds is 4. The van der Waals surface area contributed by atoms with E-state index >= 15 is 0 Å². The molecule has 0 radical (unpaired) electrons. The number of aromatic nitrogens is 1. The van der Waals surface area contributed by atoms with Crippen LogP contribution in [0.25, 0.3) is 0 Å². The normalized spacial score (nSPS) is 12.4. The maximum atomic E-state index is 2.30. The molecule has 0 N–H and O–H groups in total. The molecule has 0 aromatic carbocycles. The van der Waals surface area contributed by atoms with Gasteiger partial charge in [0.1, 0.15) is 0 Å². The Morgan fingerprint density at radius 3 is 2.15 bits per heavy atom. The molecule has 0 saturated carbocycles. The van der Waals surface area contributed by atoms with Crippen LogP contribution in [0.1, 0.15) is 13.8 Å². The molecule has 0 aliphatic carbocycles. The lowest BCUT2D eigenvalue weighted by Gasteiger charge is -2.28. The Balaban J connectivity index is 2.51. The van der Waals surface area contributed by atoms with Gasteiger partial charge in [-0.2, -0.15) is 0 Å². The van der Waals surface area contributed by atoms with Gasteiger partial charge in [-0.15, -0.1) is 0 Å². The summed E-state index contributed by atoms with van der Waals surface area (Å²) in [5.41, 5.74) is 0.336. The molecule has 0 fully saturated rings. The van der Waals surface area contributed by atoms with Gasteiger partial charge >= 0.3 is 0 Å². The summed E-state index contributed by atoms with van der Waals surface area (Å²) in [5, 5.41) is 0. The third kappa shape index (κ3) is 3.64. The molecule has 0 aliphatic heterocycles. The summed E-state index contributed by atoms with van der Waals surface area (Å²) < 4.78 is 2.24. The number of hydrogen-bond donors (Lipinski definition) is 0. The van der Waals surface area contributed by atoms with Crippen molar-refractivity contribution in [1.29, 1.82) is 0 Å². The van der Waals surface area contributed by atoms with Crippen molar-refractivity contribution in [2.45, 2.75) is 20.4 Å². The molecule has 1 heterocycles. The maximum absolute atomic E-state index is 2.30. The maximum Gasteiger partial charge on any atom is 0.0283 e. The summed E-state index contributed by atoms with van der Waals surface area (Å²) in [6.07, 6.45) is 4.24. The summed E-state index contributed by atoms with van der Waals surface area (Å²) in [4.78, 5) is 2.24. The monoisotopic (exact) mass is 180 g/mol. The number of nitrogens with zero attached hydrogens (tertiary/aromatic N) is 2. The third-order valence-electron chi connectivity index (χ3n) is 2.02. The molecule has 1 rings (SSSR count). The molecule has 13 heavy (non-hydrogen) atoms. The van der Waals surface area contributed by atoms with Crippen molar-refractivity contribution in [2.75, 3.05) is 20.6 Å². The van der Waals surface area contributed by atoms with Gasteiger partial charge in [-0.3, -0.25) is 0 Å². The SMILES string of the molecule is CN(C)CC(C)(C)Cn1cccc1. The van der Waals surface area contributed by atoms with Crippen molar-refractivity contribution < 1.29 is 0 Å². The van der Waals surface area contributed by atoms with Crippen LogP contribution in [0.5, 0.6) is 0 Å². The third-order valence-corrected chi connectivity index (χ3v) is 2.02. The van der Waals surface area contributed by atoms with E-state index in [9.17, 15) is 0 Å². The summed E-state index contributed by atoms with van der Waals surface area (Å²) in [5.74, 6) is 0. The van der Waals surface area contributed by atoms with Crippen molar-refractivity contribution >= 4 is 0 Å². The Kier molecular flexibility index (Phi) is 3.15. The summed E-state index contributed by atoms with van der Waals surface area (Å²) in [6, 6.07) is 4.15. The second-order valence-corrected chi connectivity index (χ2v) is 4.76. The first kappa shape index (κ1) is 10.3. The van der Waals surface area contributed by atoms with E-state index in [4.69, 9.17) is 0 Å². The van der Waals surface area contributed by atoms with Crippen LogP contribution in [-0.4, -0.2) is 30.1 Å². The molecule has 1 aromatic heterocycles. The first-order valence-electron chi connectivity index (χ1n) is 4.75. The van der Waals surface area contributed by atoms with Crippen LogP contribution in [-0.2, 0) is 6.54 Å². The van der Waals surface area contributed by atoms with Gasteiger partial charge in [-0.05, 0) is 31.6 Å². The highest BCUT2D eigenvalue weighted by Crippen LogP contribution is 2.18. The average Bonchev–Trinajstić information content (AvgIpc) is 2.34. The molecule has 2 heteroatoms. The first-order chi connectivity index (χ1) is 5.99. The fourth-order valence-electron chi connectivity index (χ4n) is 1.88. The second-order valence-electron chi connectivity index (χ2n) is 4.76.